The van der Waals surface area contributed by atoms with Crippen molar-refractivity contribution in [2.24, 2.45) is 0 Å². The van der Waals surface area contributed by atoms with Gasteiger partial charge in [-0.3, -0.25) is 4.72 Å². The Morgan fingerprint density at radius 2 is 2.00 bits per heavy atom. The normalized spacial score (nSPS) is 13.1. The summed E-state index contributed by atoms with van der Waals surface area (Å²) >= 11 is 6.13. The summed E-state index contributed by atoms with van der Waals surface area (Å²) in [5.41, 5.74) is 1.27. The highest BCUT2D eigenvalue weighted by molar-refractivity contribution is 7.92. The van der Waals surface area contributed by atoms with Crippen molar-refractivity contribution in [1.29, 1.82) is 0 Å². The Bertz CT molecular complexity index is 517. The van der Waals surface area contributed by atoms with Gasteiger partial charge in [-0.05, 0) is 31.0 Å². The van der Waals surface area contributed by atoms with Crippen LogP contribution in [0.5, 0.6) is 0 Å². The average Bonchev–Trinajstić information content (AvgIpc) is 2.30. The molecule has 0 aliphatic carbocycles. The number of halogens is 1. The van der Waals surface area contributed by atoms with Crippen LogP contribution in [0.1, 0.15) is 33.1 Å². The van der Waals surface area contributed by atoms with Crippen molar-refractivity contribution in [3.63, 3.8) is 0 Å². The van der Waals surface area contributed by atoms with Crippen molar-refractivity contribution in [2.45, 2.75) is 39.2 Å². The Morgan fingerprint density at radius 3 is 2.53 bits per heavy atom. The number of hydrogen-bond acceptors (Lipinski definition) is 3. The molecule has 0 bridgehead atoms. The summed E-state index contributed by atoms with van der Waals surface area (Å²) < 4.78 is 24.9. The molecule has 0 fully saturated rings. The molecule has 0 aliphatic rings. The van der Waals surface area contributed by atoms with Gasteiger partial charge in [0.05, 0.1) is 22.7 Å². The van der Waals surface area contributed by atoms with Crippen LogP contribution in [-0.4, -0.2) is 20.7 Å². The van der Waals surface area contributed by atoms with E-state index in [2.05, 4.69) is 23.9 Å². The largest absolute Gasteiger partial charge is 0.381 e. The van der Waals surface area contributed by atoms with Gasteiger partial charge in [-0.2, -0.15) is 0 Å². The Kier molecular flexibility index (Phi) is 5.94. The number of sulfonamides is 1. The smallest absolute Gasteiger partial charge is 0.229 e. The second-order valence-corrected chi connectivity index (χ2v) is 6.76. The van der Waals surface area contributed by atoms with Crippen molar-refractivity contribution in [3.8, 4) is 0 Å². The van der Waals surface area contributed by atoms with E-state index < -0.39 is 10.0 Å². The first kappa shape index (κ1) is 16.1. The van der Waals surface area contributed by atoms with Crippen LogP contribution in [0.2, 0.25) is 5.02 Å². The lowest BCUT2D eigenvalue weighted by Crippen LogP contribution is -2.18. The van der Waals surface area contributed by atoms with Crippen molar-refractivity contribution in [3.05, 3.63) is 23.2 Å². The van der Waals surface area contributed by atoms with Crippen LogP contribution in [0, 0.1) is 0 Å². The van der Waals surface area contributed by atoms with Gasteiger partial charge in [0, 0.05) is 6.04 Å². The molecule has 1 unspecified atom stereocenters. The molecule has 0 radical (unpaired) electrons. The van der Waals surface area contributed by atoms with Gasteiger partial charge in [0.15, 0.2) is 0 Å². The summed E-state index contributed by atoms with van der Waals surface area (Å²) in [7, 11) is -3.27. The molecule has 2 N–H and O–H groups in total. The predicted octanol–water partition coefficient (Wildman–Crippen LogP) is 3.70. The van der Waals surface area contributed by atoms with Crippen molar-refractivity contribution in [1.82, 2.24) is 0 Å². The minimum absolute atomic E-state index is 0.344. The monoisotopic (exact) mass is 304 g/mol. The zero-order chi connectivity index (χ0) is 14.5. The van der Waals surface area contributed by atoms with Gasteiger partial charge in [-0.15, -0.1) is 0 Å². The molecule has 4 nitrogen and oxygen atoms in total. The average molecular weight is 305 g/mol. The van der Waals surface area contributed by atoms with E-state index in [0.717, 1.165) is 31.2 Å². The van der Waals surface area contributed by atoms with Crippen molar-refractivity contribution < 1.29 is 8.42 Å². The lowest BCUT2D eigenvalue weighted by atomic mass is 10.1. The zero-order valence-electron chi connectivity index (χ0n) is 11.5. The minimum Gasteiger partial charge on any atom is -0.381 e. The molecular weight excluding hydrogens is 284 g/mol. The second-order valence-electron chi connectivity index (χ2n) is 4.61. The summed E-state index contributed by atoms with van der Waals surface area (Å²) in [5.74, 6) is 0. The van der Waals surface area contributed by atoms with E-state index in [1.54, 1.807) is 18.2 Å². The van der Waals surface area contributed by atoms with E-state index >= 15 is 0 Å². The topological polar surface area (TPSA) is 58.2 Å². The van der Waals surface area contributed by atoms with Crippen molar-refractivity contribution >= 4 is 33.0 Å². The van der Waals surface area contributed by atoms with Crippen LogP contribution in [0.15, 0.2) is 18.2 Å². The number of rotatable bonds is 7. The van der Waals surface area contributed by atoms with E-state index in [9.17, 15) is 8.42 Å². The van der Waals surface area contributed by atoms with Crippen LogP contribution in [-0.2, 0) is 10.0 Å². The molecule has 0 heterocycles. The first-order valence-corrected chi connectivity index (χ1v) is 8.66. The Morgan fingerprint density at radius 1 is 1.32 bits per heavy atom. The molecule has 6 heteroatoms. The fourth-order valence-corrected chi connectivity index (χ4v) is 2.59. The molecule has 108 valence electrons. The molecule has 0 aromatic heterocycles. The third kappa shape index (κ3) is 5.70. The molecule has 0 saturated heterocycles. The quantitative estimate of drug-likeness (QED) is 0.807. The molecule has 1 rings (SSSR count). The van der Waals surface area contributed by atoms with Crippen LogP contribution < -0.4 is 10.0 Å². The first-order chi connectivity index (χ1) is 8.85. The van der Waals surface area contributed by atoms with E-state index in [1.807, 2.05) is 0 Å². The summed E-state index contributed by atoms with van der Waals surface area (Å²) in [6.45, 7) is 4.24. The van der Waals surface area contributed by atoms with Gasteiger partial charge in [0.2, 0.25) is 10.0 Å². The van der Waals surface area contributed by atoms with E-state index in [0.29, 0.717) is 16.8 Å². The first-order valence-electron chi connectivity index (χ1n) is 6.39. The van der Waals surface area contributed by atoms with Gasteiger partial charge in [0.25, 0.3) is 0 Å². The fraction of sp³-hybridized carbons (Fsp3) is 0.538. The van der Waals surface area contributed by atoms with Gasteiger partial charge in [0.1, 0.15) is 0 Å². The highest BCUT2D eigenvalue weighted by atomic mass is 35.5. The SMILES string of the molecule is CCCC(CC)Nc1cc(NS(C)(=O)=O)ccc1Cl. The maximum Gasteiger partial charge on any atom is 0.229 e. The second kappa shape index (κ2) is 7.01. The molecule has 1 atom stereocenters. The van der Waals surface area contributed by atoms with Gasteiger partial charge in [-0.1, -0.05) is 31.9 Å². The lowest BCUT2D eigenvalue weighted by Gasteiger charge is -2.19. The van der Waals surface area contributed by atoms with Crippen molar-refractivity contribution in [2.75, 3.05) is 16.3 Å². The number of anilines is 2. The van der Waals surface area contributed by atoms with Gasteiger partial charge >= 0.3 is 0 Å². The molecule has 0 spiro atoms. The van der Waals surface area contributed by atoms with Gasteiger partial charge < -0.3 is 5.32 Å². The maximum atomic E-state index is 11.2. The minimum atomic E-state index is -3.27. The van der Waals surface area contributed by atoms with Crippen LogP contribution in [0.4, 0.5) is 11.4 Å². The summed E-state index contributed by atoms with van der Waals surface area (Å²) in [4.78, 5) is 0. The van der Waals surface area contributed by atoms with Crippen LogP contribution >= 0.6 is 11.6 Å². The number of nitrogens with one attached hydrogen (secondary N) is 2. The van der Waals surface area contributed by atoms with E-state index in [4.69, 9.17) is 11.6 Å². The molecule has 0 saturated carbocycles. The molecule has 0 aliphatic heterocycles. The van der Waals surface area contributed by atoms with Crippen LogP contribution in [0.3, 0.4) is 0 Å². The van der Waals surface area contributed by atoms with E-state index in [1.165, 1.54) is 0 Å². The maximum absolute atomic E-state index is 11.2. The molecule has 1 aromatic rings. The fourth-order valence-electron chi connectivity index (χ4n) is 1.86. The van der Waals surface area contributed by atoms with Gasteiger partial charge in [-0.25, -0.2) is 8.42 Å². The predicted molar refractivity (Wildman–Crippen MR) is 82.5 cm³/mol. The standard InChI is InChI=1S/C13H21ClN2O2S/c1-4-6-10(5-2)15-13-9-11(7-8-12(13)14)16-19(3,17)18/h7-10,15-16H,4-6H2,1-3H3. The Labute approximate surface area is 120 Å². The third-order valence-corrected chi connectivity index (χ3v) is 3.70. The number of benzene rings is 1. The molecular formula is C13H21ClN2O2S. The number of hydrogen-bond donors (Lipinski definition) is 2. The molecule has 1 aromatic carbocycles. The Hall–Kier alpha value is -0.940. The zero-order valence-corrected chi connectivity index (χ0v) is 13.1. The lowest BCUT2D eigenvalue weighted by molar-refractivity contribution is 0.607. The molecule has 0 amide bonds. The van der Waals surface area contributed by atoms with Crippen LogP contribution in [0.25, 0.3) is 0 Å². The summed E-state index contributed by atoms with van der Waals surface area (Å²) in [5, 5.41) is 3.95. The van der Waals surface area contributed by atoms with E-state index in [-0.39, 0.29) is 0 Å². The third-order valence-electron chi connectivity index (χ3n) is 2.76. The summed E-state index contributed by atoms with van der Waals surface area (Å²) in [6, 6.07) is 5.41. The highest BCUT2D eigenvalue weighted by Crippen LogP contribution is 2.27. The Balaban J connectivity index is 2.90. The molecule has 19 heavy (non-hydrogen) atoms. The highest BCUT2D eigenvalue weighted by Gasteiger charge is 2.10. The summed E-state index contributed by atoms with van der Waals surface area (Å²) in [6.07, 6.45) is 4.26.